The largest absolute Gasteiger partial charge is 0.495 e. The molecule has 0 atom stereocenters. The molecular weight excluding hydrogens is 314 g/mol. The summed E-state index contributed by atoms with van der Waals surface area (Å²) in [5.41, 5.74) is 2.39. The normalized spacial score (nSPS) is 22.9. The second-order valence-electron chi connectivity index (χ2n) is 6.30. The molecule has 0 aromatic heterocycles. The Morgan fingerprint density at radius 1 is 1.20 bits per heavy atom. The number of ether oxygens (including phenoxy) is 1. The first-order valence-corrected chi connectivity index (χ1v) is 8.41. The van der Waals surface area contributed by atoms with Crippen molar-refractivity contribution in [1.82, 2.24) is 0 Å². The van der Waals surface area contributed by atoms with Crippen molar-refractivity contribution < 1.29 is 4.74 Å². The highest BCUT2D eigenvalue weighted by Crippen LogP contribution is 2.36. The maximum Gasteiger partial charge on any atom is 0.143 e. The van der Waals surface area contributed by atoms with E-state index in [1.807, 2.05) is 6.07 Å². The summed E-state index contributed by atoms with van der Waals surface area (Å²) in [4.78, 5) is 0. The Morgan fingerprint density at radius 2 is 1.85 bits per heavy atom. The van der Waals surface area contributed by atoms with Gasteiger partial charge in [0.1, 0.15) is 5.75 Å². The molecule has 1 N–H and O–H groups in total. The first-order chi connectivity index (χ1) is 9.51. The third-order valence-electron chi connectivity index (χ3n) is 4.55. The zero-order valence-electron chi connectivity index (χ0n) is 13.0. The Labute approximate surface area is 131 Å². The summed E-state index contributed by atoms with van der Waals surface area (Å²) in [7, 11) is 1.74. The van der Waals surface area contributed by atoms with Gasteiger partial charge in [-0.3, -0.25) is 0 Å². The van der Waals surface area contributed by atoms with Crippen molar-refractivity contribution in [3.05, 3.63) is 22.2 Å². The van der Waals surface area contributed by atoms with Gasteiger partial charge in [0.15, 0.2) is 0 Å². The SMILES string of the molecule is COc1cc(Br)cc(C)c1NC1CCC(C(C)C)CC1. The predicted octanol–water partition coefficient (Wildman–Crippen LogP) is 5.39. The highest BCUT2D eigenvalue weighted by molar-refractivity contribution is 9.10. The third kappa shape index (κ3) is 3.69. The van der Waals surface area contributed by atoms with Gasteiger partial charge in [-0.05, 0) is 62.1 Å². The fourth-order valence-corrected chi connectivity index (χ4v) is 3.74. The van der Waals surface area contributed by atoms with Gasteiger partial charge in [0.2, 0.25) is 0 Å². The molecule has 0 aliphatic heterocycles. The van der Waals surface area contributed by atoms with Crippen molar-refractivity contribution in [2.75, 3.05) is 12.4 Å². The van der Waals surface area contributed by atoms with E-state index in [0.29, 0.717) is 6.04 Å². The van der Waals surface area contributed by atoms with Crippen LogP contribution >= 0.6 is 15.9 Å². The molecule has 1 aliphatic carbocycles. The number of halogens is 1. The quantitative estimate of drug-likeness (QED) is 0.793. The molecule has 1 aromatic rings. The molecule has 0 saturated heterocycles. The van der Waals surface area contributed by atoms with Crippen LogP contribution in [0.15, 0.2) is 16.6 Å². The number of nitrogens with one attached hydrogen (secondary N) is 1. The van der Waals surface area contributed by atoms with Crippen LogP contribution in [0, 0.1) is 18.8 Å². The number of benzene rings is 1. The van der Waals surface area contributed by atoms with Gasteiger partial charge in [-0.2, -0.15) is 0 Å². The molecule has 0 amide bonds. The fraction of sp³-hybridized carbons (Fsp3) is 0.647. The second-order valence-corrected chi connectivity index (χ2v) is 7.22. The molecule has 0 heterocycles. The minimum absolute atomic E-state index is 0.582. The van der Waals surface area contributed by atoms with E-state index < -0.39 is 0 Å². The van der Waals surface area contributed by atoms with Gasteiger partial charge in [-0.1, -0.05) is 29.8 Å². The van der Waals surface area contributed by atoms with Crippen LogP contribution in [0.5, 0.6) is 5.75 Å². The molecule has 20 heavy (non-hydrogen) atoms. The van der Waals surface area contributed by atoms with Crippen LogP contribution in [0.1, 0.15) is 45.1 Å². The summed E-state index contributed by atoms with van der Waals surface area (Å²) >= 11 is 3.53. The van der Waals surface area contributed by atoms with E-state index in [1.165, 1.54) is 31.2 Å². The van der Waals surface area contributed by atoms with Crippen molar-refractivity contribution in [2.45, 2.75) is 52.5 Å². The fourth-order valence-electron chi connectivity index (χ4n) is 3.19. The molecule has 2 rings (SSSR count). The molecule has 112 valence electrons. The Morgan fingerprint density at radius 3 is 2.40 bits per heavy atom. The van der Waals surface area contributed by atoms with Gasteiger partial charge in [-0.15, -0.1) is 0 Å². The third-order valence-corrected chi connectivity index (χ3v) is 5.00. The number of methoxy groups -OCH3 is 1. The van der Waals surface area contributed by atoms with Gasteiger partial charge in [0.25, 0.3) is 0 Å². The molecule has 2 nitrogen and oxygen atoms in total. The zero-order valence-corrected chi connectivity index (χ0v) is 14.6. The maximum atomic E-state index is 5.52. The van der Waals surface area contributed by atoms with E-state index in [1.54, 1.807) is 7.11 Å². The summed E-state index contributed by atoms with van der Waals surface area (Å²) in [5.74, 6) is 2.66. The van der Waals surface area contributed by atoms with Crippen LogP contribution in [0.4, 0.5) is 5.69 Å². The lowest BCUT2D eigenvalue weighted by molar-refractivity contribution is 0.266. The van der Waals surface area contributed by atoms with E-state index in [4.69, 9.17) is 4.74 Å². The average Bonchev–Trinajstić information content (AvgIpc) is 2.42. The van der Waals surface area contributed by atoms with Gasteiger partial charge < -0.3 is 10.1 Å². The molecule has 0 spiro atoms. The molecule has 3 heteroatoms. The van der Waals surface area contributed by atoms with Crippen LogP contribution in [-0.4, -0.2) is 13.2 Å². The van der Waals surface area contributed by atoms with Crippen molar-refractivity contribution in [3.8, 4) is 5.75 Å². The molecule has 0 radical (unpaired) electrons. The highest BCUT2D eigenvalue weighted by Gasteiger charge is 2.24. The summed E-state index contributed by atoms with van der Waals surface area (Å²) in [5, 5.41) is 3.71. The topological polar surface area (TPSA) is 21.3 Å². The number of hydrogen-bond acceptors (Lipinski definition) is 2. The minimum atomic E-state index is 0.582. The lowest BCUT2D eigenvalue weighted by atomic mass is 9.79. The van der Waals surface area contributed by atoms with Crippen LogP contribution in [0.3, 0.4) is 0 Å². The number of anilines is 1. The van der Waals surface area contributed by atoms with Gasteiger partial charge in [0.05, 0.1) is 12.8 Å². The predicted molar refractivity (Wildman–Crippen MR) is 89.6 cm³/mol. The standard InChI is InChI=1S/C17H26BrNO/c1-11(2)13-5-7-15(8-6-13)19-17-12(3)9-14(18)10-16(17)20-4/h9-11,13,15,19H,5-8H2,1-4H3. The summed E-state index contributed by atoms with van der Waals surface area (Å²) < 4.78 is 6.59. The zero-order chi connectivity index (χ0) is 14.7. The van der Waals surface area contributed by atoms with Crippen LogP contribution in [0.2, 0.25) is 0 Å². The summed E-state index contributed by atoms with van der Waals surface area (Å²) in [6.45, 7) is 6.83. The van der Waals surface area contributed by atoms with Gasteiger partial charge in [-0.25, -0.2) is 0 Å². The first-order valence-electron chi connectivity index (χ1n) is 7.62. The van der Waals surface area contributed by atoms with E-state index in [9.17, 15) is 0 Å². The molecule has 0 bridgehead atoms. The Hall–Kier alpha value is -0.700. The van der Waals surface area contributed by atoms with Crippen molar-refractivity contribution >= 4 is 21.6 Å². The van der Waals surface area contributed by atoms with Gasteiger partial charge in [0, 0.05) is 10.5 Å². The Balaban J connectivity index is 2.04. The number of aryl methyl sites for hydroxylation is 1. The number of hydrogen-bond donors (Lipinski definition) is 1. The van der Waals surface area contributed by atoms with Crippen LogP contribution in [0.25, 0.3) is 0 Å². The summed E-state index contributed by atoms with van der Waals surface area (Å²) in [6, 6.07) is 4.76. The minimum Gasteiger partial charge on any atom is -0.495 e. The van der Waals surface area contributed by atoms with Crippen molar-refractivity contribution in [3.63, 3.8) is 0 Å². The monoisotopic (exact) mass is 339 g/mol. The molecule has 1 aliphatic rings. The smallest absolute Gasteiger partial charge is 0.143 e. The molecule has 1 saturated carbocycles. The van der Waals surface area contributed by atoms with E-state index in [0.717, 1.165) is 27.7 Å². The number of rotatable bonds is 4. The molecule has 0 unspecified atom stereocenters. The highest BCUT2D eigenvalue weighted by atomic mass is 79.9. The lowest BCUT2D eigenvalue weighted by Gasteiger charge is -2.32. The molecule has 1 fully saturated rings. The van der Waals surface area contributed by atoms with Gasteiger partial charge >= 0.3 is 0 Å². The lowest BCUT2D eigenvalue weighted by Crippen LogP contribution is -2.28. The van der Waals surface area contributed by atoms with Crippen LogP contribution < -0.4 is 10.1 Å². The van der Waals surface area contributed by atoms with Crippen LogP contribution in [-0.2, 0) is 0 Å². The van der Waals surface area contributed by atoms with Crippen molar-refractivity contribution in [1.29, 1.82) is 0 Å². The molecule has 1 aromatic carbocycles. The summed E-state index contributed by atoms with van der Waals surface area (Å²) in [6.07, 6.45) is 5.21. The second kappa shape index (κ2) is 6.84. The average molecular weight is 340 g/mol. The van der Waals surface area contributed by atoms with E-state index in [-0.39, 0.29) is 0 Å². The maximum absolute atomic E-state index is 5.52. The first kappa shape index (κ1) is 15.7. The van der Waals surface area contributed by atoms with E-state index >= 15 is 0 Å². The Kier molecular flexibility index (Phi) is 5.36. The van der Waals surface area contributed by atoms with Crippen molar-refractivity contribution in [2.24, 2.45) is 11.8 Å². The van der Waals surface area contributed by atoms with E-state index in [2.05, 4.69) is 48.1 Å². The molecular formula is C17H26BrNO. The Bertz CT molecular complexity index is 451.